The summed E-state index contributed by atoms with van der Waals surface area (Å²) in [4.78, 5) is 24.6. The predicted molar refractivity (Wildman–Crippen MR) is 92.3 cm³/mol. The van der Waals surface area contributed by atoms with Crippen molar-refractivity contribution in [1.82, 2.24) is 5.32 Å². The molecule has 3 rings (SSSR count). The number of rotatable bonds is 5. The largest absolute Gasteiger partial charge is 0.491 e. The predicted octanol–water partition coefficient (Wildman–Crippen LogP) is 0.418. The molecule has 1 aliphatic rings. The van der Waals surface area contributed by atoms with Crippen molar-refractivity contribution in [3.8, 4) is 0 Å². The first-order valence-corrected chi connectivity index (χ1v) is 7.93. The van der Waals surface area contributed by atoms with Crippen LogP contribution in [0.1, 0.15) is 21.5 Å². The van der Waals surface area contributed by atoms with E-state index in [1.807, 2.05) is 30.3 Å². The van der Waals surface area contributed by atoms with Gasteiger partial charge in [0.05, 0.1) is 13.7 Å². The Bertz CT molecular complexity index is 780. The fraction of sp³-hybridized carbons (Fsp3) is 0.222. The van der Waals surface area contributed by atoms with Crippen LogP contribution in [0.15, 0.2) is 48.5 Å². The molecule has 2 aromatic rings. The minimum Gasteiger partial charge on any atom is -0.467 e. The van der Waals surface area contributed by atoms with Gasteiger partial charge in [-0.15, -0.1) is 0 Å². The Morgan fingerprint density at radius 3 is 2.76 bits per heavy atom. The zero-order valence-corrected chi connectivity index (χ0v) is 13.8. The smallest absolute Gasteiger partial charge is 0.467 e. The van der Waals surface area contributed by atoms with Gasteiger partial charge >= 0.3 is 13.1 Å². The first-order valence-electron chi connectivity index (χ1n) is 7.93. The highest BCUT2D eigenvalue weighted by Gasteiger charge is 2.29. The van der Waals surface area contributed by atoms with Crippen LogP contribution >= 0.6 is 0 Å². The molecule has 1 unspecified atom stereocenters. The minimum absolute atomic E-state index is 0.317. The summed E-state index contributed by atoms with van der Waals surface area (Å²) in [5.41, 5.74) is 2.68. The summed E-state index contributed by atoms with van der Waals surface area (Å²) in [6, 6.07) is 13.6. The van der Waals surface area contributed by atoms with Gasteiger partial charge < -0.3 is 19.7 Å². The van der Waals surface area contributed by atoms with Gasteiger partial charge in [0.2, 0.25) is 0 Å². The molecular weight excluding hydrogens is 321 g/mol. The van der Waals surface area contributed by atoms with E-state index in [-0.39, 0.29) is 0 Å². The molecule has 0 saturated heterocycles. The lowest BCUT2D eigenvalue weighted by Crippen LogP contribution is -2.43. The van der Waals surface area contributed by atoms with E-state index in [9.17, 15) is 14.6 Å². The van der Waals surface area contributed by atoms with Crippen molar-refractivity contribution in [2.45, 2.75) is 19.1 Å². The van der Waals surface area contributed by atoms with Crippen LogP contribution in [0, 0.1) is 0 Å². The number of fused-ring (bicyclic) bond motifs is 1. The average Bonchev–Trinajstić information content (AvgIpc) is 3.01. The molecule has 0 spiro atoms. The van der Waals surface area contributed by atoms with Gasteiger partial charge in [0, 0.05) is 12.0 Å². The molecule has 0 saturated carbocycles. The highest BCUT2D eigenvalue weighted by molar-refractivity contribution is 6.61. The van der Waals surface area contributed by atoms with Crippen LogP contribution in [0.2, 0.25) is 0 Å². The maximum atomic E-state index is 12.5. The van der Waals surface area contributed by atoms with Crippen molar-refractivity contribution in [2.24, 2.45) is 0 Å². The normalized spacial score (nSPS) is 13.9. The molecule has 2 aromatic carbocycles. The monoisotopic (exact) mass is 339 g/mol. The molecule has 0 bridgehead atoms. The molecule has 1 atom stereocenters. The van der Waals surface area contributed by atoms with E-state index in [0.717, 1.165) is 11.1 Å². The van der Waals surface area contributed by atoms with Crippen LogP contribution in [0.5, 0.6) is 0 Å². The molecular formula is C18H18BNO5. The van der Waals surface area contributed by atoms with Crippen molar-refractivity contribution in [3.63, 3.8) is 0 Å². The van der Waals surface area contributed by atoms with Crippen LogP contribution in [-0.2, 0) is 27.2 Å². The maximum Gasteiger partial charge on any atom is 0.491 e. The van der Waals surface area contributed by atoms with Crippen molar-refractivity contribution in [2.75, 3.05) is 7.11 Å². The molecule has 2 N–H and O–H groups in total. The number of hydrogen-bond donors (Lipinski definition) is 2. The van der Waals surface area contributed by atoms with E-state index in [0.29, 0.717) is 24.1 Å². The first-order chi connectivity index (χ1) is 12.1. The second-order valence-electron chi connectivity index (χ2n) is 5.82. The van der Waals surface area contributed by atoms with Crippen LogP contribution < -0.4 is 10.8 Å². The number of nitrogens with one attached hydrogen (secondary N) is 1. The lowest BCUT2D eigenvalue weighted by Gasteiger charge is -2.17. The van der Waals surface area contributed by atoms with Crippen LogP contribution in [0.3, 0.4) is 0 Å². The quantitative estimate of drug-likeness (QED) is 0.609. The molecule has 1 aliphatic heterocycles. The second-order valence-corrected chi connectivity index (χ2v) is 5.82. The van der Waals surface area contributed by atoms with Crippen molar-refractivity contribution < 1.29 is 24.0 Å². The molecule has 128 valence electrons. The van der Waals surface area contributed by atoms with Gasteiger partial charge in [-0.2, -0.15) is 0 Å². The third-order valence-electron chi connectivity index (χ3n) is 4.14. The molecule has 0 aromatic heterocycles. The summed E-state index contributed by atoms with van der Waals surface area (Å²) in [6.07, 6.45) is 0.329. The van der Waals surface area contributed by atoms with Crippen LogP contribution in [0.25, 0.3) is 0 Å². The van der Waals surface area contributed by atoms with Gasteiger partial charge in [0.1, 0.15) is 6.04 Å². The topological polar surface area (TPSA) is 84.9 Å². The number of methoxy groups -OCH3 is 1. The van der Waals surface area contributed by atoms with E-state index in [4.69, 9.17) is 9.39 Å². The standard InChI is InChI=1S/C18H18BNO5/c1-24-18(22)16(9-12-5-3-2-4-6-12)20-17(21)13-7-8-14-11-25-19(23)15(14)10-13/h2-8,10,16,23H,9,11H2,1H3,(H,20,21). The summed E-state index contributed by atoms with van der Waals surface area (Å²) in [5, 5.41) is 12.5. The first kappa shape index (κ1) is 17.2. The Balaban J connectivity index is 1.76. The van der Waals surface area contributed by atoms with E-state index >= 15 is 0 Å². The third-order valence-corrected chi connectivity index (χ3v) is 4.14. The van der Waals surface area contributed by atoms with Gasteiger partial charge in [-0.05, 0) is 28.7 Å². The van der Waals surface area contributed by atoms with Gasteiger partial charge in [-0.3, -0.25) is 4.79 Å². The molecule has 6 nitrogen and oxygen atoms in total. The van der Waals surface area contributed by atoms with Gasteiger partial charge in [0.15, 0.2) is 0 Å². The summed E-state index contributed by atoms with van der Waals surface area (Å²) in [7, 11) is 0.263. The number of carbonyl (C=O) groups is 2. The number of carbonyl (C=O) groups excluding carboxylic acids is 2. The Labute approximate surface area is 145 Å². The number of amides is 1. The summed E-state index contributed by atoms with van der Waals surface area (Å²) < 4.78 is 9.92. The SMILES string of the molecule is COC(=O)C(Cc1ccccc1)NC(=O)c1ccc2c(c1)B(O)OC2. The number of benzene rings is 2. The second kappa shape index (κ2) is 7.50. The van der Waals surface area contributed by atoms with Crippen molar-refractivity contribution in [1.29, 1.82) is 0 Å². The number of esters is 1. The summed E-state index contributed by atoms with van der Waals surface area (Å²) in [5.74, 6) is -0.921. The minimum atomic E-state index is -1.02. The number of hydrogen-bond acceptors (Lipinski definition) is 5. The van der Waals surface area contributed by atoms with Crippen LogP contribution in [-0.4, -0.2) is 37.2 Å². The van der Waals surface area contributed by atoms with Crippen molar-refractivity contribution >= 4 is 24.5 Å². The Hall–Kier alpha value is -2.64. The number of ether oxygens (including phenoxy) is 1. The highest BCUT2D eigenvalue weighted by Crippen LogP contribution is 2.12. The van der Waals surface area contributed by atoms with Gasteiger partial charge in [-0.25, -0.2) is 4.79 Å². The highest BCUT2D eigenvalue weighted by atomic mass is 16.5. The molecule has 0 radical (unpaired) electrons. The zero-order chi connectivity index (χ0) is 17.8. The lowest BCUT2D eigenvalue weighted by atomic mass is 9.78. The molecule has 25 heavy (non-hydrogen) atoms. The zero-order valence-electron chi connectivity index (χ0n) is 13.8. The van der Waals surface area contributed by atoms with Gasteiger partial charge in [0.25, 0.3) is 5.91 Å². The molecule has 1 heterocycles. The summed E-state index contributed by atoms with van der Waals surface area (Å²) >= 11 is 0. The Morgan fingerprint density at radius 2 is 2.04 bits per heavy atom. The molecule has 0 aliphatic carbocycles. The fourth-order valence-corrected chi connectivity index (χ4v) is 2.78. The molecule has 7 heteroatoms. The van der Waals surface area contributed by atoms with Crippen LogP contribution in [0.4, 0.5) is 0 Å². The van der Waals surface area contributed by atoms with Gasteiger partial charge in [-0.1, -0.05) is 36.4 Å². The Morgan fingerprint density at radius 1 is 1.28 bits per heavy atom. The lowest BCUT2D eigenvalue weighted by molar-refractivity contribution is -0.142. The summed E-state index contributed by atoms with van der Waals surface area (Å²) in [6.45, 7) is 0.317. The van der Waals surface area contributed by atoms with E-state index in [1.165, 1.54) is 7.11 Å². The Kier molecular flexibility index (Phi) is 5.16. The third kappa shape index (κ3) is 3.89. The average molecular weight is 339 g/mol. The maximum absolute atomic E-state index is 12.5. The van der Waals surface area contributed by atoms with E-state index in [1.54, 1.807) is 18.2 Å². The van der Waals surface area contributed by atoms with Crippen molar-refractivity contribution in [3.05, 3.63) is 65.2 Å². The van der Waals surface area contributed by atoms with E-state index < -0.39 is 25.0 Å². The molecule has 0 fully saturated rings. The molecule has 1 amide bonds. The fourth-order valence-electron chi connectivity index (χ4n) is 2.78. The van der Waals surface area contributed by atoms with E-state index in [2.05, 4.69) is 5.32 Å².